The molecule has 35 heavy (non-hydrogen) atoms. The van der Waals surface area contributed by atoms with E-state index in [2.05, 4.69) is 19.6 Å². The molecule has 0 fully saturated rings. The predicted octanol–water partition coefficient (Wildman–Crippen LogP) is 6.87. The molecule has 1 heterocycles. The van der Waals surface area contributed by atoms with Crippen LogP contribution in [0, 0.1) is 6.92 Å². The van der Waals surface area contributed by atoms with Gasteiger partial charge in [0.25, 0.3) is 0 Å². The van der Waals surface area contributed by atoms with E-state index < -0.39 is 15.4 Å². The smallest absolute Gasteiger partial charge is 0.342 e. The molecule has 6 nitrogen and oxygen atoms in total. The number of para-hydroxylation sites is 1. The Morgan fingerprint density at radius 3 is 2.49 bits per heavy atom. The van der Waals surface area contributed by atoms with Gasteiger partial charge in [0.05, 0.1) is 19.9 Å². The lowest BCUT2D eigenvalue weighted by Gasteiger charge is -2.21. The maximum Gasteiger partial charge on any atom is 0.342 e. The number of hydrogen-bond donors (Lipinski definition) is 0. The van der Waals surface area contributed by atoms with E-state index in [0.29, 0.717) is 42.0 Å². The van der Waals surface area contributed by atoms with E-state index in [4.69, 9.17) is 18.7 Å². The lowest BCUT2D eigenvalue weighted by molar-refractivity contribution is 0.0532. The Bertz CT molecular complexity index is 1150. The van der Waals surface area contributed by atoms with Crippen LogP contribution in [0.3, 0.4) is 0 Å². The molecule has 0 amide bonds. The number of benzene rings is 2. The van der Waals surface area contributed by atoms with Crippen LogP contribution in [-0.4, -0.2) is 40.6 Å². The summed E-state index contributed by atoms with van der Waals surface area (Å²) in [6, 6.07) is 10.2. The Morgan fingerprint density at radius 1 is 1.17 bits per heavy atom. The van der Waals surface area contributed by atoms with E-state index >= 15 is 0 Å². The molecule has 0 N–H and O–H groups in total. The molecule has 190 valence electrons. The molecular formula is C27H37O6PSi. The number of methoxy groups -OCH3 is 1. The predicted molar refractivity (Wildman–Crippen MR) is 143 cm³/mol. The standard InChI is InChI=1S/C27H37O6PSi/c1-19(18-34(4,29)33-21-11-9-8-10-12-21)13-14-22-25(30-3)20(2)23-17-32-27(28)24(23)26(22)31-15-16-35(5,6)7/h8-13H,14-18H2,1-7H3/b19-13+. The molecule has 2 aromatic rings. The molecule has 1 aliphatic rings. The van der Waals surface area contributed by atoms with Gasteiger partial charge in [-0.25, -0.2) is 4.79 Å². The molecule has 0 saturated carbocycles. The quantitative estimate of drug-likeness (QED) is 0.141. The summed E-state index contributed by atoms with van der Waals surface area (Å²) in [5.74, 6) is 1.49. The van der Waals surface area contributed by atoms with Gasteiger partial charge >= 0.3 is 5.97 Å². The van der Waals surface area contributed by atoms with Crippen molar-refractivity contribution in [1.29, 1.82) is 0 Å². The summed E-state index contributed by atoms with van der Waals surface area (Å²) in [6.07, 6.45) is 2.81. The fourth-order valence-electron chi connectivity index (χ4n) is 4.16. The number of carbonyl (C=O) groups excluding carboxylic acids is 1. The molecule has 0 radical (unpaired) electrons. The summed E-state index contributed by atoms with van der Waals surface area (Å²) < 4.78 is 36.3. The number of allylic oxidation sites excluding steroid dienone is 2. The Hall–Kier alpha value is -2.50. The van der Waals surface area contributed by atoms with Crippen molar-refractivity contribution in [2.75, 3.05) is 26.5 Å². The van der Waals surface area contributed by atoms with Crippen molar-refractivity contribution in [3.8, 4) is 17.2 Å². The van der Waals surface area contributed by atoms with Crippen LogP contribution in [0.15, 0.2) is 42.0 Å². The second-order valence-corrected chi connectivity index (χ2v) is 18.5. The van der Waals surface area contributed by atoms with Crippen LogP contribution in [0.5, 0.6) is 17.2 Å². The molecule has 1 unspecified atom stereocenters. The zero-order chi connectivity index (χ0) is 25.8. The maximum atomic E-state index is 13.1. The second kappa shape index (κ2) is 11.0. The monoisotopic (exact) mass is 516 g/mol. The number of carbonyl (C=O) groups is 1. The fraction of sp³-hybridized carbons (Fsp3) is 0.444. The van der Waals surface area contributed by atoms with Gasteiger partial charge in [-0.2, -0.15) is 0 Å². The lowest BCUT2D eigenvalue weighted by Crippen LogP contribution is -2.23. The fourth-order valence-corrected chi connectivity index (χ4v) is 6.54. The van der Waals surface area contributed by atoms with Gasteiger partial charge in [0, 0.05) is 25.9 Å². The van der Waals surface area contributed by atoms with Crippen molar-refractivity contribution >= 4 is 21.4 Å². The van der Waals surface area contributed by atoms with Crippen LogP contribution in [0.25, 0.3) is 0 Å². The van der Waals surface area contributed by atoms with Gasteiger partial charge in [0.2, 0.25) is 7.37 Å². The maximum absolute atomic E-state index is 13.1. The van der Waals surface area contributed by atoms with Gasteiger partial charge in [0.15, 0.2) is 0 Å². The molecule has 1 aliphatic heterocycles. The minimum Gasteiger partial charge on any atom is -0.496 e. The first kappa shape index (κ1) is 27.1. The Balaban J connectivity index is 1.90. The molecule has 1 atom stereocenters. The zero-order valence-corrected chi connectivity index (χ0v) is 23.8. The molecule has 8 heteroatoms. The molecule has 0 aromatic heterocycles. The summed E-state index contributed by atoms with van der Waals surface area (Å²) in [6.45, 7) is 13.2. The minimum atomic E-state index is -2.89. The number of rotatable bonds is 11. The first-order valence-corrected chi connectivity index (χ1v) is 17.9. The number of esters is 1. The molecule has 0 saturated heterocycles. The summed E-state index contributed by atoms with van der Waals surface area (Å²) >= 11 is 0. The van der Waals surface area contributed by atoms with Crippen molar-refractivity contribution in [3.05, 3.63) is 64.2 Å². The van der Waals surface area contributed by atoms with Gasteiger partial charge in [-0.3, -0.25) is 4.57 Å². The van der Waals surface area contributed by atoms with Crippen molar-refractivity contribution in [3.63, 3.8) is 0 Å². The highest BCUT2D eigenvalue weighted by Gasteiger charge is 2.33. The zero-order valence-electron chi connectivity index (χ0n) is 21.9. The normalized spacial score (nSPS) is 15.3. The SMILES string of the molecule is COc1c(C)c2c(c(OCC[Si](C)(C)C)c1C/C=C(\C)CP(C)(=O)Oc1ccccc1)C(=O)OC2. The molecule has 0 spiro atoms. The number of hydrogen-bond acceptors (Lipinski definition) is 6. The summed E-state index contributed by atoms with van der Waals surface area (Å²) in [7, 11) is -2.59. The highest BCUT2D eigenvalue weighted by molar-refractivity contribution is 7.58. The van der Waals surface area contributed by atoms with E-state index in [-0.39, 0.29) is 12.6 Å². The second-order valence-electron chi connectivity index (χ2n) is 10.4. The molecule has 3 rings (SSSR count). The van der Waals surface area contributed by atoms with Crippen molar-refractivity contribution < 1.29 is 28.1 Å². The van der Waals surface area contributed by atoms with E-state index in [0.717, 1.165) is 28.3 Å². The van der Waals surface area contributed by atoms with Gasteiger partial charge in [-0.05, 0) is 44.0 Å². The van der Waals surface area contributed by atoms with Crippen LogP contribution >= 0.6 is 7.37 Å². The Morgan fingerprint density at radius 2 is 1.86 bits per heavy atom. The van der Waals surface area contributed by atoms with Gasteiger partial charge in [0.1, 0.15) is 29.4 Å². The number of cyclic esters (lactones) is 1. The average molecular weight is 517 g/mol. The topological polar surface area (TPSA) is 71.1 Å². The van der Waals surface area contributed by atoms with Crippen molar-refractivity contribution in [2.45, 2.75) is 52.6 Å². The summed E-state index contributed by atoms with van der Waals surface area (Å²) in [5.41, 5.74) is 3.97. The van der Waals surface area contributed by atoms with Crippen LogP contribution in [0.2, 0.25) is 25.7 Å². The third-order valence-electron chi connectivity index (χ3n) is 5.96. The van der Waals surface area contributed by atoms with Crippen LogP contribution in [0.1, 0.15) is 34.0 Å². The minimum absolute atomic E-state index is 0.228. The van der Waals surface area contributed by atoms with Gasteiger partial charge in [-0.15, -0.1) is 0 Å². The first-order chi connectivity index (χ1) is 16.4. The summed E-state index contributed by atoms with van der Waals surface area (Å²) in [4.78, 5) is 12.6. The van der Waals surface area contributed by atoms with E-state index in [1.54, 1.807) is 25.9 Å². The third-order valence-corrected chi connectivity index (χ3v) is 9.33. The van der Waals surface area contributed by atoms with Crippen LogP contribution in [0.4, 0.5) is 0 Å². The molecule has 0 aliphatic carbocycles. The van der Waals surface area contributed by atoms with Gasteiger partial charge < -0.3 is 18.7 Å². The third kappa shape index (κ3) is 7.02. The van der Waals surface area contributed by atoms with Crippen molar-refractivity contribution in [1.82, 2.24) is 0 Å². The van der Waals surface area contributed by atoms with Crippen LogP contribution in [-0.2, 0) is 22.3 Å². The molecule has 0 bridgehead atoms. The first-order valence-electron chi connectivity index (χ1n) is 11.9. The highest BCUT2D eigenvalue weighted by atomic mass is 31.2. The molecular weight excluding hydrogens is 479 g/mol. The number of ether oxygens (including phenoxy) is 3. The summed E-state index contributed by atoms with van der Waals surface area (Å²) in [5, 5.41) is 0. The lowest BCUT2D eigenvalue weighted by atomic mass is 9.95. The Kier molecular flexibility index (Phi) is 8.55. The van der Waals surface area contributed by atoms with Gasteiger partial charge in [-0.1, -0.05) is 49.5 Å². The number of fused-ring (bicyclic) bond motifs is 1. The average Bonchev–Trinajstić information content (AvgIpc) is 3.15. The van der Waals surface area contributed by atoms with Crippen LogP contribution < -0.4 is 14.0 Å². The van der Waals surface area contributed by atoms with E-state index in [1.807, 2.05) is 38.1 Å². The molecule has 2 aromatic carbocycles. The van der Waals surface area contributed by atoms with Crippen molar-refractivity contribution in [2.24, 2.45) is 0 Å². The largest absolute Gasteiger partial charge is 0.496 e. The van der Waals surface area contributed by atoms with E-state index in [9.17, 15) is 9.36 Å². The Labute approximate surface area is 210 Å². The highest BCUT2D eigenvalue weighted by Crippen LogP contribution is 2.46. The van der Waals surface area contributed by atoms with E-state index in [1.165, 1.54) is 0 Å².